The number of anilines is 1. The second-order valence-electron chi connectivity index (χ2n) is 3.54. The van der Waals surface area contributed by atoms with Crippen LogP contribution in [-0.2, 0) is 0 Å². The molecule has 0 fully saturated rings. The molecule has 0 spiro atoms. The number of hydrogen-bond donors (Lipinski definition) is 2. The van der Waals surface area contributed by atoms with E-state index in [1.165, 1.54) is 11.3 Å². The first kappa shape index (κ1) is 12.7. The van der Waals surface area contributed by atoms with Gasteiger partial charge in [0.25, 0.3) is 0 Å². The lowest BCUT2D eigenvalue weighted by Crippen LogP contribution is -2.10. The molecule has 17 heavy (non-hydrogen) atoms. The van der Waals surface area contributed by atoms with Crippen molar-refractivity contribution >= 4 is 40.2 Å². The van der Waals surface area contributed by atoms with Gasteiger partial charge in [-0.25, -0.2) is 0 Å². The molecule has 1 heterocycles. The summed E-state index contributed by atoms with van der Waals surface area (Å²) in [7, 11) is 0. The SMILES string of the molecule is OC(CNc1ccc(Cl)c(Cl)c1)c1cccs1. The van der Waals surface area contributed by atoms with Crippen LogP contribution in [0.25, 0.3) is 0 Å². The predicted molar refractivity (Wildman–Crippen MR) is 74.2 cm³/mol. The zero-order valence-electron chi connectivity index (χ0n) is 8.86. The Kier molecular flexibility index (Phi) is 4.29. The van der Waals surface area contributed by atoms with Gasteiger partial charge in [0.2, 0.25) is 0 Å². The topological polar surface area (TPSA) is 32.3 Å². The van der Waals surface area contributed by atoms with Gasteiger partial charge in [0, 0.05) is 17.1 Å². The zero-order valence-corrected chi connectivity index (χ0v) is 11.2. The van der Waals surface area contributed by atoms with Crippen LogP contribution < -0.4 is 5.32 Å². The van der Waals surface area contributed by atoms with Gasteiger partial charge in [-0.15, -0.1) is 11.3 Å². The molecule has 0 radical (unpaired) electrons. The van der Waals surface area contributed by atoms with E-state index in [4.69, 9.17) is 23.2 Å². The minimum Gasteiger partial charge on any atom is -0.386 e. The van der Waals surface area contributed by atoms with Crippen molar-refractivity contribution in [3.63, 3.8) is 0 Å². The van der Waals surface area contributed by atoms with E-state index in [0.29, 0.717) is 16.6 Å². The summed E-state index contributed by atoms with van der Waals surface area (Å²) in [5.41, 5.74) is 0.843. The molecule has 1 atom stereocenters. The van der Waals surface area contributed by atoms with Gasteiger partial charge in [-0.3, -0.25) is 0 Å². The molecule has 5 heteroatoms. The molecule has 2 aromatic rings. The lowest BCUT2D eigenvalue weighted by molar-refractivity contribution is 0.195. The van der Waals surface area contributed by atoms with E-state index < -0.39 is 6.10 Å². The van der Waals surface area contributed by atoms with Crippen molar-refractivity contribution in [2.24, 2.45) is 0 Å². The Morgan fingerprint density at radius 3 is 2.71 bits per heavy atom. The maximum Gasteiger partial charge on any atom is 0.105 e. The molecule has 2 N–H and O–H groups in total. The Balaban J connectivity index is 1.96. The van der Waals surface area contributed by atoms with Gasteiger partial charge in [-0.1, -0.05) is 29.3 Å². The first-order valence-electron chi connectivity index (χ1n) is 5.07. The van der Waals surface area contributed by atoms with Crippen molar-refractivity contribution in [2.45, 2.75) is 6.10 Å². The fraction of sp³-hybridized carbons (Fsp3) is 0.167. The third-order valence-electron chi connectivity index (χ3n) is 2.29. The van der Waals surface area contributed by atoms with Gasteiger partial charge in [-0.2, -0.15) is 0 Å². The van der Waals surface area contributed by atoms with Crippen LogP contribution in [0.3, 0.4) is 0 Å². The number of aliphatic hydroxyl groups is 1. The van der Waals surface area contributed by atoms with E-state index in [9.17, 15) is 5.11 Å². The van der Waals surface area contributed by atoms with Crippen LogP contribution in [0.2, 0.25) is 10.0 Å². The number of halogens is 2. The molecule has 1 aromatic heterocycles. The van der Waals surface area contributed by atoms with E-state index >= 15 is 0 Å². The Hall–Kier alpha value is -0.740. The lowest BCUT2D eigenvalue weighted by atomic mass is 10.2. The monoisotopic (exact) mass is 287 g/mol. The van der Waals surface area contributed by atoms with Crippen LogP contribution in [-0.4, -0.2) is 11.7 Å². The van der Waals surface area contributed by atoms with E-state index in [1.807, 2.05) is 23.6 Å². The summed E-state index contributed by atoms with van der Waals surface area (Å²) < 4.78 is 0. The number of rotatable bonds is 4. The molecule has 2 nitrogen and oxygen atoms in total. The first-order chi connectivity index (χ1) is 8.16. The third-order valence-corrected chi connectivity index (χ3v) is 4.00. The minimum atomic E-state index is -0.510. The maximum absolute atomic E-state index is 9.88. The quantitative estimate of drug-likeness (QED) is 0.883. The predicted octanol–water partition coefficient (Wildman–Crippen LogP) is 4.20. The highest BCUT2D eigenvalue weighted by molar-refractivity contribution is 7.10. The number of thiophene rings is 1. The van der Waals surface area contributed by atoms with E-state index in [2.05, 4.69) is 5.32 Å². The molecule has 1 unspecified atom stereocenters. The van der Waals surface area contributed by atoms with E-state index in [1.54, 1.807) is 12.1 Å². The molecule has 0 bridgehead atoms. The average Bonchev–Trinajstić information content (AvgIpc) is 2.84. The molecular formula is C12H11Cl2NOS. The standard InChI is InChI=1S/C12H11Cl2NOS/c13-9-4-3-8(6-10(9)14)15-7-11(16)12-2-1-5-17-12/h1-6,11,15-16H,7H2. The molecule has 0 aliphatic heterocycles. The van der Waals surface area contributed by atoms with Gasteiger partial charge in [0.05, 0.1) is 10.0 Å². The number of aliphatic hydroxyl groups excluding tert-OH is 1. The molecule has 0 amide bonds. The summed E-state index contributed by atoms with van der Waals surface area (Å²) in [5, 5.41) is 16.0. The largest absolute Gasteiger partial charge is 0.386 e. The summed E-state index contributed by atoms with van der Waals surface area (Å²) >= 11 is 13.2. The third kappa shape index (κ3) is 3.36. The van der Waals surface area contributed by atoms with Crippen molar-refractivity contribution in [3.05, 3.63) is 50.6 Å². The van der Waals surface area contributed by atoms with Crippen LogP contribution in [0.5, 0.6) is 0 Å². The fourth-order valence-electron chi connectivity index (χ4n) is 1.40. The molecule has 0 aliphatic carbocycles. The van der Waals surface area contributed by atoms with Crippen LogP contribution in [0, 0.1) is 0 Å². The van der Waals surface area contributed by atoms with E-state index in [0.717, 1.165) is 10.6 Å². The summed E-state index contributed by atoms with van der Waals surface area (Å²) in [6, 6.07) is 9.12. The maximum atomic E-state index is 9.88. The second-order valence-corrected chi connectivity index (χ2v) is 5.33. The number of benzene rings is 1. The summed E-state index contributed by atoms with van der Waals surface area (Å²) in [4.78, 5) is 0.942. The van der Waals surface area contributed by atoms with Crippen molar-refractivity contribution in [2.75, 3.05) is 11.9 Å². The summed E-state index contributed by atoms with van der Waals surface area (Å²) in [5.74, 6) is 0. The Morgan fingerprint density at radius 1 is 1.24 bits per heavy atom. The van der Waals surface area contributed by atoms with Gasteiger partial charge < -0.3 is 10.4 Å². The molecule has 2 rings (SSSR count). The Morgan fingerprint density at radius 2 is 2.06 bits per heavy atom. The van der Waals surface area contributed by atoms with Gasteiger partial charge in [0.15, 0.2) is 0 Å². The smallest absolute Gasteiger partial charge is 0.105 e. The number of nitrogens with one attached hydrogen (secondary N) is 1. The highest BCUT2D eigenvalue weighted by atomic mass is 35.5. The molecular weight excluding hydrogens is 277 g/mol. The lowest BCUT2D eigenvalue weighted by Gasteiger charge is -2.11. The van der Waals surface area contributed by atoms with Gasteiger partial charge in [0.1, 0.15) is 6.10 Å². The van der Waals surface area contributed by atoms with E-state index in [-0.39, 0.29) is 0 Å². The molecule has 0 saturated heterocycles. The average molecular weight is 288 g/mol. The second kappa shape index (κ2) is 5.74. The number of hydrogen-bond acceptors (Lipinski definition) is 3. The van der Waals surface area contributed by atoms with Crippen molar-refractivity contribution < 1.29 is 5.11 Å². The zero-order chi connectivity index (χ0) is 12.3. The molecule has 90 valence electrons. The summed E-state index contributed by atoms with van der Waals surface area (Å²) in [6.45, 7) is 0.443. The molecule has 0 aliphatic rings. The highest BCUT2D eigenvalue weighted by Crippen LogP contribution is 2.26. The van der Waals surface area contributed by atoms with Crippen LogP contribution in [0.15, 0.2) is 35.7 Å². The minimum absolute atomic E-state index is 0.443. The van der Waals surface area contributed by atoms with Crippen molar-refractivity contribution in [1.29, 1.82) is 0 Å². The first-order valence-corrected chi connectivity index (χ1v) is 6.71. The molecule has 0 saturated carbocycles. The van der Waals surface area contributed by atoms with Gasteiger partial charge >= 0.3 is 0 Å². The van der Waals surface area contributed by atoms with Crippen molar-refractivity contribution in [1.82, 2.24) is 0 Å². The molecule has 1 aromatic carbocycles. The fourth-order valence-corrected chi connectivity index (χ4v) is 2.41. The van der Waals surface area contributed by atoms with Crippen LogP contribution in [0.1, 0.15) is 11.0 Å². The normalized spacial score (nSPS) is 12.4. The Labute approximate surface area is 114 Å². The Bertz CT molecular complexity index is 487. The highest BCUT2D eigenvalue weighted by Gasteiger charge is 2.08. The summed E-state index contributed by atoms with van der Waals surface area (Å²) in [6.07, 6.45) is -0.510. The van der Waals surface area contributed by atoms with Gasteiger partial charge in [-0.05, 0) is 29.6 Å². The van der Waals surface area contributed by atoms with Crippen molar-refractivity contribution in [3.8, 4) is 0 Å². The van der Waals surface area contributed by atoms with Crippen LogP contribution >= 0.6 is 34.5 Å². The van der Waals surface area contributed by atoms with Crippen LogP contribution in [0.4, 0.5) is 5.69 Å².